The SMILES string of the molecule is COC1(Cn2c(CCl)nc3cc(F)ccc32)CCC1. The molecule has 1 heterocycles. The molecule has 0 atom stereocenters. The van der Waals surface area contributed by atoms with E-state index in [0.29, 0.717) is 11.4 Å². The summed E-state index contributed by atoms with van der Waals surface area (Å²) in [6.07, 6.45) is 3.28. The number of halogens is 2. The van der Waals surface area contributed by atoms with E-state index in [1.165, 1.54) is 18.6 Å². The zero-order chi connectivity index (χ0) is 13.5. The van der Waals surface area contributed by atoms with Crippen molar-refractivity contribution in [2.45, 2.75) is 37.3 Å². The first kappa shape index (κ1) is 12.9. The van der Waals surface area contributed by atoms with Crippen LogP contribution in [0.1, 0.15) is 25.1 Å². The summed E-state index contributed by atoms with van der Waals surface area (Å²) in [4.78, 5) is 4.40. The van der Waals surface area contributed by atoms with Gasteiger partial charge in [0.2, 0.25) is 0 Å². The molecule has 0 N–H and O–H groups in total. The minimum Gasteiger partial charge on any atom is -0.376 e. The van der Waals surface area contributed by atoms with Gasteiger partial charge in [-0.3, -0.25) is 0 Å². The van der Waals surface area contributed by atoms with Crippen LogP contribution < -0.4 is 0 Å². The van der Waals surface area contributed by atoms with E-state index in [1.54, 1.807) is 13.2 Å². The molecule has 19 heavy (non-hydrogen) atoms. The van der Waals surface area contributed by atoms with E-state index in [-0.39, 0.29) is 11.4 Å². The Hall–Kier alpha value is -1.13. The molecule has 0 amide bonds. The first-order chi connectivity index (χ1) is 9.17. The fraction of sp³-hybridized carbons (Fsp3) is 0.500. The fourth-order valence-electron chi connectivity index (χ4n) is 2.72. The predicted octanol–water partition coefficient (Wildman–Crippen LogP) is 3.48. The third-order valence-corrected chi connectivity index (χ3v) is 4.29. The van der Waals surface area contributed by atoms with Crippen LogP contribution in [0, 0.1) is 5.82 Å². The number of ether oxygens (including phenoxy) is 1. The molecule has 1 aromatic heterocycles. The van der Waals surface area contributed by atoms with Crippen molar-refractivity contribution in [3.05, 3.63) is 29.8 Å². The molecule has 0 aliphatic heterocycles. The second-order valence-corrected chi connectivity index (χ2v) is 5.39. The van der Waals surface area contributed by atoms with Crippen LogP contribution in [0.4, 0.5) is 4.39 Å². The lowest BCUT2D eigenvalue weighted by atomic mass is 9.80. The van der Waals surface area contributed by atoms with Crippen molar-refractivity contribution in [3.63, 3.8) is 0 Å². The molecule has 1 fully saturated rings. The fourth-order valence-corrected chi connectivity index (χ4v) is 2.92. The minimum atomic E-state index is -0.275. The van der Waals surface area contributed by atoms with Crippen LogP contribution in [-0.2, 0) is 17.2 Å². The molecule has 1 aliphatic rings. The van der Waals surface area contributed by atoms with Crippen molar-refractivity contribution in [1.82, 2.24) is 9.55 Å². The highest BCUT2D eigenvalue weighted by Gasteiger charge is 2.38. The van der Waals surface area contributed by atoms with Gasteiger partial charge in [-0.25, -0.2) is 9.37 Å². The molecule has 0 saturated heterocycles. The van der Waals surface area contributed by atoms with E-state index in [1.807, 2.05) is 0 Å². The van der Waals surface area contributed by atoms with Crippen LogP contribution in [0.3, 0.4) is 0 Å². The van der Waals surface area contributed by atoms with Gasteiger partial charge in [-0.15, -0.1) is 11.6 Å². The highest BCUT2D eigenvalue weighted by molar-refractivity contribution is 6.16. The van der Waals surface area contributed by atoms with Crippen LogP contribution in [-0.4, -0.2) is 22.3 Å². The summed E-state index contributed by atoms with van der Waals surface area (Å²) < 4.78 is 21.0. The minimum absolute atomic E-state index is 0.108. The largest absolute Gasteiger partial charge is 0.376 e. The van der Waals surface area contributed by atoms with Crippen molar-refractivity contribution in [1.29, 1.82) is 0 Å². The second kappa shape index (κ2) is 4.76. The van der Waals surface area contributed by atoms with Crippen molar-refractivity contribution in [2.75, 3.05) is 7.11 Å². The van der Waals surface area contributed by atoms with Gasteiger partial charge >= 0.3 is 0 Å². The normalized spacial score (nSPS) is 17.6. The number of imidazole rings is 1. The maximum atomic E-state index is 13.3. The Labute approximate surface area is 116 Å². The number of hydrogen-bond acceptors (Lipinski definition) is 2. The Morgan fingerprint density at radius 1 is 1.47 bits per heavy atom. The Morgan fingerprint density at radius 2 is 2.26 bits per heavy atom. The maximum Gasteiger partial charge on any atom is 0.125 e. The molecule has 0 unspecified atom stereocenters. The number of hydrogen-bond donors (Lipinski definition) is 0. The second-order valence-electron chi connectivity index (χ2n) is 5.12. The van der Waals surface area contributed by atoms with E-state index >= 15 is 0 Å². The van der Waals surface area contributed by atoms with Crippen molar-refractivity contribution in [2.24, 2.45) is 0 Å². The molecule has 1 aromatic carbocycles. The van der Waals surface area contributed by atoms with Crippen LogP contribution in [0.15, 0.2) is 18.2 Å². The molecular weight excluding hydrogens is 267 g/mol. The van der Waals surface area contributed by atoms with Crippen molar-refractivity contribution in [3.8, 4) is 0 Å². The third kappa shape index (κ3) is 2.13. The zero-order valence-electron chi connectivity index (χ0n) is 10.8. The quantitative estimate of drug-likeness (QED) is 0.803. The molecule has 102 valence electrons. The molecule has 0 bridgehead atoms. The average Bonchev–Trinajstić information content (AvgIpc) is 2.70. The van der Waals surface area contributed by atoms with Gasteiger partial charge in [0.1, 0.15) is 11.6 Å². The summed E-state index contributed by atoms with van der Waals surface area (Å²) in [6, 6.07) is 4.66. The number of fused-ring (bicyclic) bond motifs is 1. The number of benzene rings is 1. The molecule has 1 saturated carbocycles. The predicted molar refractivity (Wildman–Crippen MR) is 72.8 cm³/mol. The van der Waals surface area contributed by atoms with Gasteiger partial charge in [0.05, 0.1) is 29.1 Å². The van der Waals surface area contributed by atoms with Gasteiger partial charge in [0.25, 0.3) is 0 Å². The first-order valence-electron chi connectivity index (χ1n) is 6.43. The smallest absolute Gasteiger partial charge is 0.125 e. The number of methoxy groups -OCH3 is 1. The zero-order valence-corrected chi connectivity index (χ0v) is 11.6. The van der Waals surface area contributed by atoms with E-state index in [2.05, 4.69) is 9.55 Å². The van der Waals surface area contributed by atoms with Gasteiger partial charge < -0.3 is 9.30 Å². The van der Waals surface area contributed by atoms with E-state index < -0.39 is 0 Å². The lowest BCUT2D eigenvalue weighted by Gasteiger charge is -2.41. The summed E-state index contributed by atoms with van der Waals surface area (Å²) in [6.45, 7) is 0.730. The maximum absolute atomic E-state index is 13.3. The summed E-state index contributed by atoms with van der Waals surface area (Å²) in [5, 5.41) is 0. The van der Waals surface area contributed by atoms with E-state index in [9.17, 15) is 4.39 Å². The summed E-state index contributed by atoms with van der Waals surface area (Å²) in [5.41, 5.74) is 1.46. The van der Waals surface area contributed by atoms with Gasteiger partial charge in [0, 0.05) is 13.2 Å². The lowest BCUT2D eigenvalue weighted by Crippen LogP contribution is -2.43. The number of nitrogens with zero attached hydrogens (tertiary/aromatic N) is 2. The molecule has 3 rings (SSSR count). The van der Waals surface area contributed by atoms with Crippen LogP contribution >= 0.6 is 11.6 Å². The summed E-state index contributed by atoms with van der Waals surface area (Å²) in [7, 11) is 1.75. The lowest BCUT2D eigenvalue weighted by molar-refractivity contribution is -0.0831. The van der Waals surface area contributed by atoms with Crippen LogP contribution in [0.5, 0.6) is 0 Å². The Morgan fingerprint density at radius 3 is 2.84 bits per heavy atom. The molecule has 5 heteroatoms. The molecule has 2 aromatic rings. The molecule has 3 nitrogen and oxygen atoms in total. The standard InChI is InChI=1S/C14H16ClFN2O/c1-19-14(5-2-6-14)9-18-12-4-3-10(16)7-11(12)17-13(18)8-15/h3-4,7H,2,5-6,8-9H2,1H3. The first-order valence-corrected chi connectivity index (χ1v) is 6.97. The van der Waals surface area contributed by atoms with Gasteiger partial charge in [-0.2, -0.15) is 0 Å². The van der Waals surface area contributed by atoms with Gasteiger partial charge in [-0.1, -0.05) is 0 Å². The Bertz CT molecular complexity index is 601. The topological polar surface area (TPSA) is 27.1 Å². The van der Waals surface area contributed by atoms with Crippen LogP contribution in [0.25, 0.3) is 11.0 Å². The number of rotatable bonds is 4. The monoisotopic (exact) mass is 282 g/mol. The summed E-state index contributed by atoms with van der Waals surface area (Å²) >= 11 is 5.96. The Balaban J connectivity index is 2.05. The number of aromatic nitrogens is 2. The van der Waals surface area contributed by atoms with Crippen molar-refractivity contribution >= 4 is 22.6 Å². The Kier molecular flexibility index (Phi) is 3.23. The molecule has 0 radical (unpaired) electrons. The molecular formula is C14H16ClFN2O. The highest BCUT2D eigenvalue weighted by atomic mass is 35.5. The van der Waals surface area contributed by atoms with Gasteiger partial charge in [-0.05, 0) is 31.4 Å². The highest BCUT2D eigenvalue weighted by Crippen LogP contribution is 2.37. The van der Waals surface area contributed by atoms with Crippen LogP contribution in [0.2, 0.25) is 0 Å². The van der Waals surface area contributed by atoms with E-state index in [4.69, 9.17) is 16.3 Å². The van der Waals surface area contributed by atoms with Gasteiger partial charge in [0.15, 0.2) is 0 Å². The number of alkyl halides is 1. The van der Waals surface area contributed by atoms with E-state index in [0.717, 1.165) is 30.7 Å². The molecule has 1 aliphatic carbocycles. The van der Waals surface area contributed by atoms with Crippen molar-refractivity contribution < 1.29 is 9.13 Å². The summed E-state index contributed by atoms with van der Waals surface area (Å²) in [5.74, 6) is 0.810. The molecule has 0 spiro atoms. The third-order valence-electron chi connectivity index (χ3n) is 4.05. The average molecular weight is 283 g/mol.